The third-order valence-corrected chi connectivity index (χ3v) is 2.79. The predicted octanol–water partition coefficient (Wildman–Crippen LogP) is 2.52. The lowest BCUT2D eigenvalue weighted by atomic mass is 9.89. The van der Waals surface area contributed by atoms with Crippen LogP contribution in [0.5, 0.6) is 0 Å². The van der Waals surface area contributed by atoms with Crippen LogP contribution in [0.2, 0.25) is 0 Å². The molecule has 1 N–H and O–H groups in total. The minimum atomic E-state index is -1.14. The molecule has 0 saturated heterocycles. The maximum Gasteiger partial charge on any atom is 0.164 e. The third-order valence-electron chi connectivity index (χ3n) is 2.19. The van der Waals surface area contributed by atoms with Crippen LogP contribution in [0.3, 0.4) is 0 Å². The van der Waals surface area contributed by atoms with E-state index in [1.54, 1.807) is 6.66 Å². The van der Waals surface area contributed by atoms with Gasteiger partial charge in [-0.15, -0.1) is 0 Å². The zero-order valence-corrected chi connectivity index (χ0v) is 8.18. The van der Waals surface area contributed by atoms with Gasteiger partial charge in [-0.05, 0) is 18.8 Å². The van der Waals surface area contributed by atoms with E-state index < -0.39 is 8.38 Å². The van der Waals surface area contributed by atoms with Crippen LogP contribution in [0.15, 0.2) is 0 Å². The van der Waals surface area contributed by atoms with Gasteiger partial charge < -0.3 is 9.42 Å². The van der Waals surface area contributed by atoms with Gasteiger partial charge in [0.15, 0.2) is 8.38 Å². The number of rotatable bonds is 2. The molecule has 0 heterocycles. The van der Waals surface area contributed by atoms with Gasteiger partial charge in [0, 0.05) is 6.66 Å². The minimum Gasteiger partial charge on any atom is -0.350 e. The van der Waals surface area contributed by atoms with E-state index in [1.807, 2.05) is 0 Å². The van der Waals surface area contributed by atoms with Crippen molar-refractivity contribution in [2.75, 3.05) is 6.66 Å². The summed E-state index contributed by atoms with van der Waals surface area (Å²) in [5.74, 6) is 0.781. The van der Waals surface area contributed by atoms with Gasteiger partial charge in [0.1, 0.15) is 0 Å². The lowest BCUT2D eigenvalue weighted by Gasteiger charge is -2.27. The predicted molar refractivity (Wildman–Crippen MR) is 47.6 cm³/mol. The Morgan fingerprint density at radius 1 is 1.45 bits per heavy atom. The highest BCUT2D eigenvalue weighted by Crippen LogP contribution is 2.35. The molecule has 1 saturated carbocycles. The lowest BCUT2D eigenvalue weighted by Crippen LogP contribution is -2.19. The van der Waals surface area contributed by atoms with Gasteiger partial charge in [0.2, 0.25) is 0 Å². The van der Waals surface area contributed by atoms with Crippen molar-refractivity contribution in [1.29, 1.82) is 0 Å². The van der Waals surface area contributed by atoms with Crippen molar-refractivity contribution >= 4 is 8.38 Å². The maximum absolute atomic E-state index is 9.03. The quantitative estimate of drug-likeness (QED) is 0.655. The molecule has 1 aliphatic carbocycles. The molecule has 11 heavy (non-hydrogen) atoms. The molecule has 1 aliphatic rings. The fourth-order valence-electron chi connectivity index (χ4n) is 1.69. The summed E-state index contributed by atoms with van der Waals surface area (Å²) in [5, 5.41) is 0. The highest BCUT2D eigenvalue weighted by molar-refractivity contribution is 7.45. The van der Waals surface area contributed by atoms with Gasteiger partial charge in [-0.1, -0.05) is 19.8 Å². The average molecular weight is 176 g/mol. The van der Waals surface area contributed by atoms with Crippen molar-refractivity contribution in [3.63, 3.8) is 0 Å². The topological polar surface area (TPSA) is 29.5 Å². The first-order valence-electron chi connectivity index (χ1n) is 4.28. The molecule has 1 rings (SSSR count). The fourth-order valence-corrected chi connectivity index (χ4v) is 2.31. The average Bonchev–Trinajstić information content (AvgIpc) is 1.85. The number of hydrogen-bond acceptors (Lipinski definition) is 2. The van der Waals surface area contributed by atoms with Crippen LogP contribution in [0.1, 0.15) is 32.6 Å². The van der Waals surface area contributed by atoms with E-state index in [2.05, 4.69) is 6.92 Å². The minimum absolute atomic E-state index is 0.333. The van der Waals surface area contributed by atoms with Gasteiger partial charge in [-0.25, -0.2) is 0 Å². The molecule has 0 bridgehead atoms. The van der Waals surface area contributed by atoms with Gasteiger partial charge >= 0.3 is 0 Å². The van der Waals surface area contributed by atoms with Gasteiger partial charge in [0.05, 0.1) is 6.10 Å². The second kappa shape index (κ2) is 4.39. The van der Waals surface area contributed by atoms with Gasteiger partial charge in [-0.3, -0.25) is 0 Å². The number of hydrogen-bond donors (Lipinski definition) is 1. The first-order valence-corrected chi connectivity index (χ1v) is 5.94. The maximum atomic E-state index is 9.03. The second-order valence-corrected chi connectivity index (χ2v) is 4.60. The summed E-state index contributed by atoms with van der Waals surface area (Å²) in [5.41, 5.74) is 0. The summed E-state index contributed by atoms with van der Waals surface area (Å²) in [6.07, 6.45) is 5.19. The molecular formula is C8H17O2P. The van der Waals surface area contributed by atoms with Crippen molar-refractivity contribution in [2.45, 2.75) is 38.7 Å². The Bertz CT molecular complexity index is 115. The molecule has 0 radical (unpaired) electrons. The Morgan fingerprint density at radius 3 is 2.73 bits per heavy atom. The smallest absolute Gasteiger partial charge is 0.164 e. The Hall–Kier alpha value is 0.350. The normalized spacial score (nSPS) is 35.2. The Balaban J connectivity index is 2.23. The first-order chi connectivity index (χ1) is 5.18. The van der Waals surface area contributed by atoms with Crippen LogP contribution in [0.25, 0.3) is 0 Å². The molecule has 0 aromatic carbocycles. The molecule has 0 aromatic rings. The van der Waals surface area contributed by atoms with Crippen LogP contribution >= 0.6 is 8.38 Å². The Kier molecular flexibility index (Phi) is 3.77. The van der Waals surface area contributed by atoms with Crippen LogP contribution < -0.4 is 0 Å². The molecule has 0 aliphatic heterocycles. The summed E-state index contributed by atoms with van der Waals surface area (Å²) in [6.45, 7) is 4.00. The highest BCUT2D eigenvalue weighted by Gasteiger charge is 2.20. The zero-order valence-electron chi connectivity index (χ0n) is 7.29. The molecular weight excluding hydrogens is 159 g/mol. The summed E-state index contributed by atoms with van der Waals surface area (Å²) in [6, 6.07) is 0. The van der Waals surface area contributed by atoms with E-state index in [0.29, 0.717) is 6.10 Å². The van der Waals surface area contributed by atoms with Crippen molar-refractivity contribution in [3.8, 4) is 0 Å². The SMILES string of the molecule is CC1CCCC(OP(C)O)C1. The van der Waals surface area contributed by atoms with E-state index in [1.165, 1.54) is 12.8 Å². The van der Waals surface area contributed by atoms with Crippen molar-refractivity contribution < 1.29 is 9.42 Å². The van der Waals surface area contributed by atoms with E-state index in [0.717, 1.165) is 18.8 Å². The Morgan fingerprint density at radius 2 is 2.18 bits per heavy atom. The molecule has 0 aromatic heterocycles. The molecule has 0 amide bonds. The zero-order chi connectivity index (χ0) is 8.27. The molecule has 3 atom stereocenters. The summed E-state index contributed by atoms with van der Waals surface area (Å²) in [4.78, 5) is 9.03. The molecule has 3 heteroatoms. The first kappa shape index (κ1) is 9.44. The fraction of sp³-hybridized carbons (Fsp3) is 1.00. The van der Waals surface area contributed by atoms with Crippen LogP contribution in [0.4, 0.5) is 0 Å². The van der Waals surface area contributed by atoms with Crippen molar-refractivity contribution in [3.05, 3.63) is 0 Å². The van der Waals surface area contributed by atoms with Crippen molar-refractivity contribution in [2.24, 2.45) is 5.92 Å². The van der Waals surface area contributed by atoms with Crippen LogP contribution in [-0.2, 0) is 4.52 Å². The van der Waals surface area contributed by atoms with Crippen LogP contribution in [-0.4, -0.2) is 17.7 Å². The highest BCUT2D eigenvalue weighted by atomic mass is 31.2. The van der Waals surface area contributed by atoms with Gasteiger partial charge in [0.25, 0.3) is 0 Å². The molecule has 66 valence electrons. The van der Waals surface area contributed by atoms with E-state index >= 15 is 0 Å². The summed E-state index contributed by atoms with van der Waals surface area (Å²) >= 11 is 0. The van der Waals surface area contributed by atoms with Crippen LogP contribution in [0, 0.1) is 5.92 Å². The molecule has 0 spiro atoms. The van der Waals surface area contributed by atoms with Gasteiger partial charge in [-0.2, -0.15) is 0 Å². The molecule has 1 fully saturated rings. The standard InChI is InChI=1S/C8H17O2P/c1-7-4-3-5-8(6-7)10-11(2)9/h7-9H,3-6H2,1-2H3. The van der Waals surface area contributed by atoms with Crippen molar-refractivity contribution in [1.82, 2.24) is 0 Å². The monoisotopic (exact) mass is 176 g/mol. The second-order valence-electron chi connectivity index (χ2n) is 3.46. The summed E-state index contributed by atoms with van der Waals surface area (Å²) < 4.78 is 5.38. The lowest BCUT2D eigenvalue weighted by molar-refractivity contribution is 0.132. The van der Waals surface area contributed by atoms with E-state index in [-0.39, 0.29) is 0 Å². The van der Waals surface area contributed by atoms with E-state index in [9.17, 15) is 0 Å². The Labute approximate surface area is 69.9 Å². The largest absolute Gasteiger partial charge is 0.350 e. The third kappa shape index (κ3) is 3.50. The van der Waals surface area contributed by atoms with E-state index in [4.69, 9.17) is 9.42 Å². The molecule has 3 unspecified atom stereocenters. The molecule has 2 nitrogen and oxygen atoms in total. The summed E-state index contributed by atoms with van der Waals surface area (Å²) in [7, 11) is -1.14.